The van der Waals surface area contributed by atoms with Gasteiger partial charge >= 0.3 is 5.97 Å². The summed E-state index contributed by atoms with van der Waals surface area (Å²) in [4.78, 5) is 36.8. The van der Waals surface area contributed by atoms with Gasteiger partial charge in [-0.15, -0.1) is 0 Å². The fraction of sp³-hybridized carbons (Fsp3) is 0.235. The van der Waals surface area contributed by atoms with Gasteiger partial charge in [0.2, 0.25) is 5.56 Å². The number of H-pyrrole nitrogens is 1. The maximum atomic E-state index is 11.8. The van der Waals surface area contributed by atoms with Crippen LogP contribution in [-0.4, -0.2) is 37.7 Å². The van der Waals surface area contributed by atoms with Crippen molar-refractivity contribution in [3.05, 3.63) is 58.0 Å². The van der Waals surface area contributed by atoms with Gasteiger partial charge in [-0.2, -0.15) is 0 Å². The number of esters is 1. The summed E-state index contributed by atoms with van der Waals surface area (Å²) in [6.45, 7) is -0.180. The quantitative estimate of drug-likeness (QED) is 0.720. The van der Waals surface area contributed by atoms with Gasteiger partial charge in [-0.05, 0) is 23.8 Å². The molecule has 0 aliphatic rings. The number of nitrogens with one attached hydrogen (secondary N) is 2. The zero-order valence-electron chi connectivity index (χ0n) is 13.8. The first-order chi connectivity index (χ1) is 12.0. The molecule has 0 spiro atoms. The summed E-state index contributed by atoms with van der Waals surface area (Å²) in [6.07, 6.45) is 1.23. The van der Waals surface area contributed by atoms with Crippen LogP contribution >= 0.6 is 0 Å². The van der Waals surface area contributed by atoms with Crippen molar-refractivity contribution in [1.29, 1.82) is 0 Å². The summed E-state index contributed by atoms with van der Waals surface area (Å²) in [5, 5.41) is 2.63. The minimum absolute atomic E-state index is 0.160. The number of benzene rings is 1. The fourth-order valence-corrected chi connectivity index (χ4v) is 1.99. The number of methoxy groups -OCH3 is 2. The van der Waals surface area contributed by atoms with Crippen LogP contribution in [0.5, 0.6) is 11.5 Å². The lowest BCUT2D eigenvalue weighted by molar-refractivity contribution is -0.124. The molecule has 0 saturated heterocycles. The number of hydrogen-bond donors (Lipinski definition) is 2. The van der Waals surface area contributed by atoms with E-state index in [0.29, 0.717) is 11.5 Å². The van der Waals surface area contributed by atoms with Crippen molar-refractivity contribution in [2.75, 3.05) is 20.8 Å². The molecule has 1 heterocycles. The zero-order valence-corrected chi connectivity index (χ0v) is 13.8. The second-order valence-electron chi connectivity index (χ2n) is 4.98. The minimum Gasteiger partial charge on any atom is -0.493 e. The molecule has 0 saturated carbocycles. The monoisotopic (exact) mass is 346 g/mol. The van der Waals surface area contributed by atoms with Gasteiger partial charge in [-0.1, -0.05) is 6.07 Å². The Labute approximate surface area is 143 Å². The molecular weight excluding hydrogens is 328 g/mol. The summed E-state index contributed by atoms with van der Waals surface area (Å²) in [5.74, 6) is -0.00349. The van der Waals surface area contributed by atoms with Gasteiger partial charge in [0.05, 0.1) is 19.8 Å². The predicted molar refractivity (Wildman–Crippen MR) is 88.7 cm³/mol. The molecule has 132 valence electrons. The second-order valence-corrected chi connectivity index (χ2v) is 4.98. The predicted octanol–water partition coefficient (Wildman–Crippen LogP) is 0.865. The van der Waals surface area contributed by atoms with Crippen LogP contribution in [0.3, 0.4) is 0 Å². The van der Waals surface area contributed by atoms with Crippen molar-refractivity contribution in [1.82, 2.24) is 10.3 Å². The molecule has 1 amide bonds. The number of hydrogen-bond acceptors (Lipinski definition) is 6. The van der Waals surface area contributed by atoms with Crippen LogP contribution in [0, 0.1) is 0 Å². The van der Waals surface area contributed by atoms with Gasteiger partial charge in [0.1, 0.15) is 0 Å². The summed E-state index contributed by atoms with van der Waals surface area (Å²) in [5.41, 5.74) is 0.634. The van der Waals surface area contributed by atoms with E-state index in [9.17, 15) is 14.4 Å². The van der Waals surface area contributed by atoms with Crippen LogP contribution in [0.25, 0.3) is 0 Å². The average Bonchev–Trinajstić information content (AvgIpc) is 2.64. The lowest BCUT2D eigenvalue weighted by Gasteiger charge is -2.10. The standard InChI is InChI=1S/C17H18N2O6/c1-23-13-5-3-11(7-14(13)24-2)8-18-16(21)10-25-17(22)12-4-6-15(20)19-9-12/h3-7,9H,8,10H2,1-2H3,(H,18,21)(H,19,20). The molecule has 2 rings (SSSR count). The number of amides is 1. The van der Waals surface area contributed by atoms with E-state index in [1.807, 2.05) is 0 Å². The highest BCUT2D eigenvalue weighted by molar-refractivity contribution is 5.90. The van der Waals surface area contributed by atoms with Gasteiger partial charge in [-0.25, -0.2) is 4.79 Å². The van der Waals surface area contributed by atoms with Crippen molar-refractivity contribution in [2.45, 2.75) is 6.54 Å². The van der Waals surface area contributed by atoms with Crippen LogP contribution in [0.15, 0.2) is 41.3 Å². The molecule has 0 aliphatic heterocycles. The lowest BCUT2D eigenvalue weighted by atomic mass is 10.2. The third-order valence-corrected chi connectivity index (χ3v) is 3.29. The molecule has 0 aliphatic carbocycles. The summed E-state index contributed by atoms with van der Waals surface area (Å²) >= 11 is 0. The van der Waals surface area contributed by atoms with Crippen LogP contribution in [0.4, 0.5) is 0 Å². The normalized spacial score (nSPS) is 10.0. The van der Waals surface area contributed by atoms with Crippen LogP contribution in [0.1, 0.15) is 15.9 Å². The van der Waals surface area contributed by atoms with E-state index in [-0.39, 0.29) is 17.7 Å². The van der Waals surface area contributed by atoms with E-state index in [2.05, 4.69) is 10.3 Å². The molecule has 2 aromatic rings. The third kappa shape index (κ3) is 5.10. The maximum Gasteiger partial charge on any atom is 0.340 e. The van der Waals surface area contributed by atoms with E-state index < -0.39 is 18.5 Å². The molecule has 0 fully saturated rings. The van der Waals surface area contributed by atoms with E-state index in [0.717, 1.165) is 5.56 Å². The van der Waals surface area contributed by atoms with Gasteiger partial charge in [0, 0.05) is 18.8 Å². The Hall–Kier alpha value is -3.29. The molecule has 1 aromatic carbocycles. The Balaban J connectivity index is 1.83. The molecule has 0 radical (unpaired) electrons. The minimum atomic E-state index is -0.697. The molecule has 8 nitrogen and oxygen atoms in total. The summed E-state index contributed by atoms with van der Waals surface area (Å²) in [6, 6.07) is 7.78. The molecule has 0 atom stereocenters. The Bertz CT molecular complexity index is 795. The Morgan fingerprint density at radius 2 is 1.84 bits per heavy atom. The van der Waals surface area contributed by atoms with Gasteiger partial charge < -0.3 is 24.5 Å². The number of rotatable bonds is 7. The Morgan fingerprint density at radius 1 is 1.08 bits per heavy atom. The fourth-order valence-electron chi connectivity index (χ4n) is 1.99. The van der Waals surface area contributed by atoms with E-state index in [1.54, 1.807) is 18.2 Å². The van der Waals surface area contributed by atoms with E-state index >= 15 is 0 Å². The van der Waals surface area contributed by atoms with Crippen LogP contribution in [-0.2, 0) is 16.1 Å². The van der Waals surface area contributed by atoms with E-state index in [1.165, 1.54) is 32.5 Å². The van der Waals surface area contributed by atoms with Gasteiger partial charge in [-0.3, -0.25) is 9.59 Å². The number of pyridine rings is 1. The molecule has 25 heavy (non-hydrogen) atoms. The first kappa shape index (κ1) is 18.1. The lowest BCUT2D eigenvalue weighted by Crippen LogP contribution is -2.28. The van der Waals surface area contributed by atoms with Crippen LogP contribution in [0.2, 0.25) is 0 Å². The number of aromatic nitrogens is 1. The largest absolute Gasteiger partial charge is 0.493 e. The SMILES string of the molecule is COc1ccc(CNC(=O)COC(=O)c2ccc(=O)[nH]c2)cc1OC. The van der Waals surface area contributed by atoms with Crippen molar-refractivity contribution in [3.8, 4) is 11.5 Å². The highest BCUT2D eigenvalue weighted by Crippen LogP contribution is 2.27. The van der Waals surface area contributed by atoms with Crippen molar-refractivity contribution >= 4 is 11.9 Å². The first-order valence-electron chi connectivity index (χ1n) is 7.37. The van der Waals surface area contributed by atoms with Gasteiger partial charge in [0.15, 0.2) is 18.1 Å². The molecule has 8 heteroatoms. The molecule has 0 unspecified atom stereocenters. The number of carbonyl (C=O) groups is 2. The number of carbonyl (C=O) groups excluding carboxylic acids is 2. The Morgan fingerprint density at radius 3 is 2.48 bits per heavy atom. The van der Waals surface area contributed by atoms with E-state index in [4.69, 9.17) is 14.2 Å². The second kappa shape index (κ2) is 8.53. The zero-order chi connectivity index (χ0) is 18.2. The Kier molecular flexibility index (Phi) is 6.16. The molecule has 1 aromatic heterocycles. The molecule has 0 bridgehead atoms. The molecular formula is C17H18N2O6. The average molecular weight is 346 g/mol. The number of aromatic amines is 1. The third-order valence-electron chi connectivity index (χ3n) is 3.29. The maximum absolute atomic E-state index is 11.8. The number of ether oxygens (including phenoxy) is 3. The summed E-state index contributed by atoms with van der Waals surface area (Å²) in [7, 11) is 3.06. The smallest absolute Gasteiger partial charge is 0.340 e. The molecule has 2 N–H and O–H groups in total. The highest BCUT2D eigenvalue weighted by atomic mass is 16.5. The highest BCUT2D eigenvalue weighted by Gasteiger charge is 2.11. The van der Waals surface area contributed by atoms with Crippen molar-refractivity contribution in [2.24, 2.45) is 0 Å². The van der Waals surface area contributed by atoms with Crippen LogP contribution < -0.4 is 20.3 Å². The van der Waals surface area contributed by atoms with Crippen molar-refractivity contribution < 1.29 is 23.8 Å². The van der Waals surface area contributed by atoms with Crippen molar-refractivity contribution in [3.63, 3.8) is 0 Å². The topological polar surface area (TPSA) is 107 Å². The first-order valence-corrected chi connectivity index (χ1v) is 7.37. The summed E-state index contributed by atoms with van der Waals surface area (Å²) < 4.78 is 15.2. The van der Waals surface area contributed by atoms with Gasteiger partial charge in [0.25, 0.3) is 5.91 Å².